The summed E-state index contributed by atoms with van der Waals surface area (Å²) in [5.74, 6) is -9.59. The van der Waals surface area contributed by atoms with Gasteiger partial charge in [0.05, 0.1) is 31.6 Å². The van der Waals surface area contributed by atoms with Gasteiger partial charge in [0.2, 0.25) is 41.4 Å². The number of carbonyl (C=O) groups excluding carboxylic acids is 10. The number of esters is 2. The average Bonchev–Trinajstić information content (AvgIpc) is 4.16. The van der Waals surface area contributed by atoms with E-state index in [2.05, 4.69) is 16.0 Å². The molecule has 4 aliphatic heterocycles. The molecular weight excluding hydrogens is 1030 g/mol. The zero-order valence-corrected chi connectivity index (χ0v) is 49.7. The molecule has 0 aliphatic carbocycles. The van der Waals surface area contributed by atoms with E-state index < -0.39 is 132 Å². The molecule has 12 atom stereocenters. The fraction of sp³-hybridized carbons (Fsp3) is 0.729. The number of amides is 7. The Morgan fingerprint density at radius 1 is 0.838 bits per heavy atom. The third-order valence-electron chi connectivity index (χ3n) is 16.5. The van der Waals surface area contributed by atoms with Crippen molar-refractivity contribution < 1.29 is 67.3 Å². The number of cyclic esters (lactones) is 2. The number of hydrogen-bond acceptors (Lipinski definition) is 14. The molecule has 4 N–H and O–H groups in total. The number of ketones is 1. The molecule has 1 aromatic rings. The van der Waals surface area contributed by atoms with E-state index in [0.29, 0.717) is 50.0 Å². The van der Waals surface area contributed by atoms with Gasteiger partial charge in [-0.25, -0.2) is 4.79 Å². The van der Waals surface area contributed by atoms with Crippen LogP contribution in [-0.4, -0.2) is 178 Å². The number of likely N-dealkylation sites (N-methyl/N-ethyl adjacent to an activating group) is 1. The predicted octanol–water partition coefficient (Wildman–Crippen LogP) is 3.74. The van der Waals surface area contributed by atoms with Gasteiger partial charge < -0.3 is 54.9 Å². The van der Waals surface area contributed by atoms with Crippen LogP contribution in [0.3, 0.4) is 0 Å². The molecule has 1 aromatic carbocycles. The molecule has 0 aromatic heterocycles. The van der Waals surface area contributed by atoms with Crippen molar-refractivity contribution in [2.24, 2.45) is 35.5 Å². The van der Waals surface area contributed by atoms with Crippen molar-refractivity contribution in [2.75, 3.05) is 33.8 Å². The minimum absolute atomic E-state index is 0.110. The van der Waals surface area contributed by atoms with Gasteiger partial charge in [-0.15, -0.1) is 0 Å². The summed E-state index contributed by atoms with van der Waals surface area (Å²) in [5, 5.41) is 20.3. The second-order valence-corrected chi connectivity index (χ2v) is 24.2. The number of rotatable bonds is 14. The summed E-state index contributed by atoms with van der Waals surface area (Å²) in [5.41, 5.74) is -0.546. The molecule has 0 radical (unpaired) electrons. The Morgan fingerprint density at radius 3 is 2.09 bits per heavy atom. The largest absolute Gasteiger partial charge is 0.497 e. The fourth-order valence-corrected chi connectivity index (χ4v) is 11.6. The van der Waals surface area contributed by atoms with Gasteiger partial charge in [-0.3, -0.25) is 43.2 Å². The van der Waals surface area contributed by atoms with Crippen LogP contribution in [0.2, 0.25) is 0 Å². The molecule has 4 fully saturated rings. The molecule has 1 spiro atoms. The zero-order valence-electron chi connectivity index (χ0n) is 49.7. The average molecular weight is 1120 g/mol. The molecule has 7 amide bonds. The summed E-state index contributed by atoms with van der Waals surface area (Å²) in [6.45, 7) is 21.3. The number of hydrogen-bond donors (Lipinski definition) is 4. The lowest BCUT2D eigenvalue weighted by atomic mass is 9.91. The van der Waals surface area contributed by atoms with Crippen molar-refractivity contribution in [2.45, 2.75) is 207 Å². The lowest BCUT2D eigenvalue weighted by Crippen LogP contribution is -2.62. The maximum atomic E-state index is 15.1. The maximum Gasteiger partial charge on any atom is 0.329 e. The number of likely N-dealkylation sites (tertiary alicyclic amines) is 2. The van der Waals surface area contributed by atoms with Crippen molar-refractivity contribution in [1.29, 1.82) is 0 Å². The first-order valence-corrected chi connectivity index (χ1v) is 28.9. The molecular formula is C59H91N7O14. The Bertz CT molecular complexity index is 2410. The van der Waals surface area contributed by atoms with E-state index in [0.717, 1.165) is 0 Å². The number of methoxy groups -OCH3 is 1. The summed E-state index contributed by atoms with van der Waals surface area (Å²) in [6.07, 6.45) is -2.78. The van der Waals surface area contributed by atoms with E-state index in [1.165, 1.54) is 42.7 Å². The lowest BCUT2D eigenvalue weighted by Gasteiger charge is -2.37. The number of benzene rings is 1. The highest BCUT2D eigenvalue weighted by atomic mass is 16.6. The van der Waals surface area contributed by atoms with Gasteiger partial charge >= 0.3 is 11.9 Å². The molecule has 21 heteroatoms. The second-order valence-electron chi connectivity index (χ2n) is 24.2. The van der Waals surface area contributed by atoms with Gasteiger partial charge in [-0.1, -0.05) is 87.8 Å². The highest BCUT2D eigenvalue weighted by Gasteiger charge is 2.57. The Labute approximate surface area is 472 Å². The molecule has 4 saturated heterocycles. The van der Waals surface area contributed by atoms with Crippen LogP contribution in [0.4, 0.5) is 0 Å². The first-order chi connectivity index (χ1) is 37.6. The molecule has 0 unspecified atom stereocenters. The molecule has 0 bridgehead atoms. The summed E-state index contributed by atoms with van der Waals surface area (Å²) in [6, 6.07) is -0.900. The van der Waals surface area contributed by atoms with Crippen LogP contribution in [0.15, 0.2) is 24.3 Å². The van der Waals surface area contributed by atoms with E-state index in [9.17, 15) is 38.7 Å². The molecule has 4 aliphatic rings. The monoisotopic (exact) mass is 1120 g/mol. The third kappa shape index (κ3) is 15.1. The standard InChI is InChI=1S/C59H91N7O14/c1-15-36(10)47-45(67)31-46(68)80-50(34(6)7)49(69)37(11)51(70)60-41(28-32(2)3)55(74)64-25-16-18-42(64)56(75)63(13)44(30-39-19-21-40(78-14)22-20-39)57(76)79-38(12)48(53(72)61-47)62-52(71)43(29-33(4)5)65-27-24-59(58(65)77)23-17-26-66(59)54(73)35(8)9/h19-22,32-38,41-45,47-48,50,67H,15-18,23-31H2,1-14H3,(H,60,70)(H,61,72)(H,62,71)/t36-,37-,38-,41+,42-,43+,44-,45+,47-,48-,50+,59+/m0/s1. The van der Waals surface area contributed by atoms with Gasteiger partial charge in [0, 0.05) is 39.0 Å². The van der Waals surface area contributed by atoms with Crippen LogP contribution in [0, 0.1) is 35.5 Å². The summed E-state index contributed by atoms with van der Waals surface area (Å²) >= 11 is 0. The number of Topliss-reactive ketones (excluding diaryl/α,β-unsaturated/α-hetero) is 1. The highest BCUT2D eigenvalue weighted by molar-refractivity contribution is 6.05. The molecule has 5 rings (SSSR count). The van der Waals surface area contributed by atoms with Gasteiger partial charge in [-0.2, -0.15) is 0 Å². The normalized spacial score (nSPS) is 29.1. The summed E-state index contributed by atoms with van der Waals surface area (Å²) in [7, 11) is 2.92. The molecule has 0 saturated carbocycles. The Balaban J connectivity index is 1.62. The molecule has 80 heavy (non-hydrogen) atoms. The minimum atomic E-state index is -1.72. The van der Waals surface area contributed by atoms with Crippen molar-refractivity contribution in [3.05, 3.63) is 29.8 Å². The number of nitrogens with zero attached hydrogens (tertiary/aromatic N) is 4. The van der Waals surface area contributed by atoms with E-state index in [1.807, 2.05) is 27.7 Å². The van der Waals surface area contributed by atoms with Gasteiger partial charge in [0.1, 0.15) is 47.6 Å². The summed E-state index contributed by atoms with van der Waals surface area (Å²) < 4.78 is 17.3. The topological polar surface area (TPSA) is 268 Å². The second kappa shape index (κ2) is 28.0. The van der Waals surface area contributed by atoms with Crippen molar-refractivity contribution in [1.82, 2.24) is 35.6 Å². The van der Waals surface area contributed by atoms with E-state index in [-0.39, 0.29) is 68.3 Å². The van der Waals surface area contributed by atoms with Crippen LogP contribution in [-0.2, 0) is 63.8 Å². The number of aliphatic hydroxyl groups excluding tert-OH is 1. The number of ether oxygens (including phenoxy) is 3. The van der Waals surface area contributed by atoms with Crippen LogP contribution in [0.1, 0.15) is 146 Å². The SMILES string of the molecule is CC[C@H](C)[C@@H]1NC(=O)[C@@H](NC(=O)[C@@H](CC(C)C)N2CC[C@]3(CCCN3C(=O)C(C)C)C2=O)[C@H](C)OC(=O)[C@H](Cc2ccc(OC)cc2)N(C)C(=O)[C@@H]2CCCN2C(=O)[C@@H](CC(C)C)NC(=O)[C@@H](C)C(=O)[C@@H](C(C)C)OC(=O)C[C@H]1O. The van der Waals surface area contributed by atoms with Crippen LogP contribution in [0.5, 0.6) is 5.75 Å². The van der Waals surface area contributed by atoms with Gasteiger partial charge in [0.25, 0.3) is 0 Å². The summed E-state index contributed by atoms with van der Waals surface area (Å²) in [4.78, 5) is 151. The Hall–Kier alpha value is -6.12. The molecule has 4 heterocycles. The smallest absolute Gasteiger partial charge is 0.329 e. The molecule has 21 nitrogen and oxygen atoms in total. The first-order valence-electron chi connectivity index (χ1n) is 28.9. The van der Waals surface area contributed by atoms with Crippen molar-refractivity contribution in [3.8, 4) is 5.75 Å². The predicted molar refractivity (Wildman–Crippen MR) is 296 cm³/mol. The van der Waals surface area contributed by atoms with E-state index >= 15 is 14.4 Å². The van der Waals surface area contributed by atoms with Crippen LogP contribution < -0.4 is 20.7 Å². The van der Waals surface area contributed by atoms with Crippen molar-refractivity contribution >= 4 is 59.1 Å². The van der Waals surface area contributed by atoms with Gasteiger partial charge in [-0.05, 0) is 100 Å². The Morgan fingerprint density at radius 2 is 1.50 bits per heavy atom. The number of fused-ring (bicyclic) bond motifs is 1. The minimum Gasteiger partial charge on any atom is -0.497 e. The van der Waals surface area contributed by atoms with Crippen LogP contribution in [0.25, 0.3) is 0 Å². The lowest BCUT2D eigenvalue weighted by molar-refractivity contribution is -0.163. The molecule has 446 valence electrons. The maximum absolute atomic E-state index is 15.1. The quantitative estimate of drug-likeness (QED) is 0.153. The van der Waals surface area contributed by atoms with Gasteiger partial charge in [0.15, 0.2) is 11.9 Å². The number of carbonyl (C=O) groups is 10. The Kier molecular flexibility index (Phi) is 22.7. The number of nitrogens with one attached hydrogen (secondary N) is 3. The first kappa shape index (κ1) is 64.7. The fourth-order valence-electron chi connectivity index (χ4n) is 11.6. The van der Waals surface area contributed by atoms with Crippen molar-refractivity contribution in [3.63, 3.8) is 0 Å². The number of aliphatic hydroxyl groups is 1. The zero-order chi connectivity index (χ0) is 59.7. The van der Waals surface area contributed by atoms with E-state index in [1.54, 1.807) is 70.7 Å². The third-order valence-corrected chi connectivity index (χ3v) is 16.5. The highest BCUT2D eigenvalue weighted by Crippen LogP contribution is 2.41. The van der Waals surface area contributed by atoms with Crippen LogP contribution >= 0.6 is 0 Å². The van der Waals surface area contributed by atoms with E-state index in [4.69, 9.17) is 14.2 Å².